The number of benzene rings is 1. The first-order valence-corrected chi connectivity index (χ1v) is 10.6. The van der Waals surface area contributed by atoms with E-state index in [2.05, 4.69) is 16.0 Å². The van der Waals surface area contributed by atoms with Crippen molar-refractivity contribution >= 4 is 29.4 Å². The monoisotopic (exact) mass is 391 g/mol. The van der Waals surface area contributed by atoms with E-state index in [0.717, 1.165) is 42.9 Å². The molecule has 2 fully saturated rings. The van der Waals surface area contributed by atoms with E-state index in [1.54, 1.807) is 0 Å². The Bertz CT molecular complexity index is 714. The highest BCUT2D eigenvalue weighted by Gasteiger charge is 2.42. The van der Waals surface area contributed by atoms with Crippen LogP contribution >= 0.6 is 11.8 Å². The standard InChI is InChI=1S/C19H25N3O4S/c23-17(20-12-6-7-14-15(10-12)26-9-3-8-25-14)5-2-1-4-16-18-13(11-27-16)21-19(24)22-18/h6-7,10,13,16,18H,1-5,8-9,11H2,(H,20,23)(H2,21,22,24)/t13-,16-,18-/m0/s1. The van der Waals surface area contributed by atoms with Crippen LogP contribution in [0, 0.1) is 0 Å². The first-order valence-electron chi connectivity index (χ1n) is 9.57. The van der Waals surface area contributed by atoms with Crippen molar-refractivity contribution in [2.45, 2.75) is 49.4 Å². The van der Waals surface area contributed by atoms with Crippen LogP contribution in [-0.4, -0.2) is 48.2 Å². The minimum atomic E-state index is -0.0511. The van der Waals surface area contributed by atoms with Crippen molar-refractivity contribution < 1.29 is 19.1 Å². The average Bonchev–Trinajstić information content (AvgIpc) is 3.09. The van der Waals surface area contributed by atoms with Crippen molar-refractivity contribution in [3.05, 3.63) is 18.2 Å². The number of carbonyl (C=O) groups is 2. The molecule has 1 aromatic carbocycles. The number of nitrogens with one attached hydrogen (secondary N) is 3. The number of unbranched alkanes of at least 4 members (excludes halogenated alkanes) is 1. The molecule has 3 aliphatic rings. The Balaban J connectivity index is 1.19. The van der Waals surface area contributed by atoms with E-state index in [0.29, 0.717) is 30.6 Å². The molecule has 3 heterocycles. The maximum absolute atomic E-state index is 12.2. The van der Waals surface area contributed by atoms with Crippen LogP contribution in [0.4, 0.5) is 10.5 Å². The second-order valence-corrected chi connectivity index (χ2v) is 8.40. The molecule has 2 saturated heterocycles. The van der Waals surface area contributed by atoms with Gasteiger partial charge in [-0.1, -0.05) is 6.42 Å². The molecule has 0 spiro atoms. The van der Waals surface area contributed by atoms with Crippen molar-refractivity contribution in [3.63, 3.8) is 0 Å². The first-order chi connectivity index (χ1) is 13.2. The van der Waals surface area contributed by atoms with Crippen LogP contribution in [0.2, 0.25) is 0 Å². The lowest BCUT2D eigenvalue weighted by atomic mass is 10.0. The highest BCUT2D eigenvalue weighted by atomic mass is 32.2. The maximum atomic E-state index is 12.2. The molecular weight excluding hydrogens is 366 g/mol. The van der Waals surface area contributed by atoms with Crippen molar-refractivity contribution in [1.82, 2.24) is 10.6 Å². The summed E-state index contributed by atoms with van der Waals surface area (Å²) >= 11 is 1.91. The fourth-order valence-corrected chi connectivity index (χ4v) is 5.28. The number of anilines is 1. The molecule has 0 aromatic heterocycles. The molecule has 4 rings (SSSR count). The van der Waals surface area contributed by atoms with Crippen LogP contribution in [0.1, 0.15) is 32.1 Å². The van der Waals surface area contributed by atoms with Gasteiger partial charge < -0.3 is 25.4 Å². The summed E-state index contributed by atoms with van der Waals surface area (Å²) < 4.78 is 11.3. The molecule has 8 heteroatoms. The van der Waals surface area contributed by atoms with Crippen LogP contribution in [0.15, 0.2) is 18.2 Å². The first kappa shape index (κ1) is 18.3. The van der Waals surface area contributed by atoms with E-state index in [4.69, 9.17) is 9.47 Å². The number of fused-ring (bicyclic) bond motifs is 2. The van der Waals surface area contributed by atoms with Crippen molar-refractivity contribution in [3.8, 4) is 11.5 Å². The topological polar surface area (TPSA) is 88.7 Å². The number of rotatable bonds is 6. The van der Waals surface area contributed by atoms with E-state index >= 15 is 0 Å². The van der Waals surface area contributed by atoms with E-state index < -0.39 is 0 Å². The zero-order valence-electron chi connectivity index (χ0n) is 15.2. The number of thioether (sulfide) groups is 1. The van der Waals surface area contributed by atoms with Crippen molar-refractivity contribution in [2.24, 2.45) is 0 Å². The number of amides is 3. The number of hydrogen-bond donors (Lipinski definition) is 3. The normalized spacial score (nSPS) is 25.9. The van der Waals surface area contributed by atoms with Gasteiger partial charge in [-0.3, -0.25) is 4.79 Å². The smallest absolute Gasteiger partial charge is 0.315 e. The second kappa shape index (κ2) is 8.29. The third kappa shape index (κ3) is 4.43. The Morgan fingerprint density at radius 2 is 2.04 bits per heavy atom. The molecule has 27 heavy (non-hydrogen) atoms. The van der Waals surface area contributed by atoms with Gasteiger partial charge in [0.05, 0.1) is 25.3 Å². The van der Waals surface area contributed by atoms with Gasteiger partial charge >= 0.3 is 6.03 Å². The van der Waals surface area contributed by atoms with Gasteiger partial charge in [0.1, 0.15) is 0 Å². The Hall–Kier alpha value is -2.09. The second-order valence-electron chi connectivity index (χ2n) is 7.13. The lowest BCUT2D eigenvalue weighted by molar-refractivity contribution is -0.116. The van der Waals surface area contributed by atoms with Gasteiger partial charge in [0, 0.05) is 35.6 Å². The van der Waals surface area contributed by atoms with E-state index in [1.807, 2.05) is 30.0 Å². The SMILES string of the molecule is O=C(CCCC[C@@H]1SC[C@@H]2NC(=O)N[C@@H]21)Nc1ccc2c(c1)OCCCO2. The maximum Gasteiger partial charge on any atom is 0.315 e. The van der Waals surface area contributed by atoms with E-state index in [1.165, 1.54) is 0 Å². The molecular formula is C19H25N3O4S. The third-order valence-corrected chi connectivity index (χ3v) is 6.62. The summed E-state index contributed by atoms with van der Waals surface area (Å²) in [7, 11) is 0. The Kier molecular flexibility index (Phi) is 5.61. The predicted molar refractivity (Wildman–Crippen MR) is 105 cm³/mol. The summed E-state index contributed by atoms with van der Waals surface area (Å²) in [5.41, 5.74) is 0.734. The number of ether oxygens (including phenoxy) is 2. The average molecular weight is 391 g/mol. The quantitative estimate of drug-likeness (QED) is 0.512. The van der Waals surface area contributed by atoms with Gasteiger partial charge in [-0.15, -0.1) is 0 Å². The Labute approximate surface area is 162 Å². The zero-order chi connectivity index (χ0) is 18.6. The molecule has 7 nitrogen and oxygen atoms in total. The highest BCUT2D eigenvalue weighted by molar-refractivity contribution is 8.00. The Morgan fingerprint density at radius 1 is 1.19 bits per heavy atom. The molecule has 0 saturated carbocycles. The van der Waals surface area contributed by atoms with Gasteiger partial charge in [-0.2, -0.15) is 11.8 Å². The van der Waals surface area contributed by atoms with Crippen LogP contribution in [0.25, 0.3) is 0 Å². The largest absolute Gasteiger partial charge is 0.490 e. The molecule has 1 aromatic rings. The van der Waals surface area contributed by atoms with Crippen LogP contribution in [-0.2, 0) is 4.79 Å². The van der Waals surface area contributed by atoms with Gasteiger partial charge in [-0.05, 0) is 25.0 Å². The fraction of sp³-hybridized carbons (Fsp3) is 0.579. The molecule has 3 amide bonds. The Morgan fingerprint density at radius 3 is 2.93 bits per heavy atom. The van der Waals surface area contributed by atoms with Gasteiger partial charge in [-0.25, -0.2) is 4.79 Å². The van der Waals surface area contributed by atoms with Crippen molar-refractivity contribution in [2.75, 3.05) is 24.3 Å². The predicted octanol–water partition coefficient (Wildman–Crippen LogP) is 2.51. The molecule has 0 bridgehead atoms. The molecule has 146 valence electrons. The summed E-state index contributed by atoms with van der Waals surface area (Å²) in [5, 5.41) is 9.34. The highest BCUT2D eigenvalue weighted by Crippen LogP contribution is 2.34. The van der Waals surface area contributed by atoms with Crippen LogP contribution < -0.4 is 25.4 Å². The summed E-state index contributed by atoms with van der Waals surface area (Å²) in [6, 6.07) is 5.95. The molecule has 3 aliphatic heterocycles. The number of urea groups is 1. The van der Waals surface area contributed by atoms with Crippen LogP contribution in [0.5, 0.6) is 11.5 Å². The summed E-state index contributed by atoms with van der Waals surface area (Å²) in [5.74, 6) is 2.40. The molecule has 3 N–H and O–H groups in total. The molecule has 3 atom stereocenters. The summed E-state index contributed by atoms with van der Waals surface area (Å²) in [4.78, 5) is 23.6. The minimum absolute atomic E-state index is 0.0114. The van der Waals surface area contributed by atoms with E-state index in [9.17, 15) is 9.59 Å². The van der Waals surface area contributed by atoms with Gasteiger partial charge in [0.25, 0.3) is 0 Å². The van der Waals surface area contributed by atoms with Gasteiger partial charge in [0.15, 0.2) is 11.5 Å². The van der Waals surface area contributed by atoms with Crippen molar-refractivity contribution in [1.29, 1.82) is 0 Å². The molecule has 0 aliphatic carbocycles. The lowest BCUT2D eigenvalue weighted by Crippen LogP contribution is -2.36. The minimum Gasteiger partial charge on any atom is -0.490 e. The summed E-state index contributed by atoms with van der Waals surface area (Å²) in [6.45, 7) is 1.28. The van der Waals surface area contributed by atoms with E-state index in [-0.39, 0.29) is 24.0 Å². The summed E-state index contributed by atoms with van der Waals surface area (Å²) in [6.07, 6.45) is 4.18. The zero-order valence-corrected chi connectivity index (χ0v) is 16.0. The fourth-order valence-electron chi connectivity index (χ4n) is 3.74. The van der Waals surface area contributed by atoms with Crippen LogP contribution in [0.3, 0.4) is 0 Å². The molecule has 0 unspecified atom stereocenters. The third-order valence-electron chi connectivity index (χ3n) is 5.11. The van der Waals surface area contributed by atoms with Gasteiger partial charge in [0.2, 0.25) is 5.91 Å². The number of hydrogen-bond acceptors (Lipinski definition) is 5. The number of carbonyl (C=O) groups excluding carboxylic acids is 2. The molecule has 0 radical (unpaired) electrons. The lowest BCUT2D eigenvalue weighted by Gasteiger charge is -2.16.